The van der Waals surface area contributed by atoms with E-state index < -0.39 is 38.8 Å². The van der Waals surface area contributed by atoms with Crippen molar-refractivity contribution in [3.63, 3.8) is 0 Å². The first-order valence-electron chi connectivity index (χ1n) is 14.0. The lowest BCUT2D eigenvalue weighted by Crippen LogP contribution is -2.44. The first-order valence-corrected chi connectivity index (χ1v) is 15.4. The van der Waals surface area contributed by atoms with Crippen LogP contribution in [0.1, 0.15) is 49.0 Å². The van der Waals surface area contributed by atoms with Crippen LogP contribution in [0.2, 0.25) is 0 Å². The van der Waals surface area contributed by atoms with Crippen molar-refractivity contribution >= 4 is 32.6 Å². The predicted octanol–water partition coefficient (Wildman–Crippen LogP) is 5.91. The van der Waals surface area contributed by atoms with Gasteiger partial charge < -0.3 is 9.67 Å². The van der Waals surface area contributed by atoms with E-state index in [2.05, 4.69) is 0 Å². The van der Waals surface area contributed by atoms with Gasteiger partial charge in [-0.3, -0.25) is 10.1 Å². The van der Waals surface area contributed by atoms with Gasteiger partial charge >= 0.3 is 5.97 Å². The SMILES string of the molecule is CCC(C(=O)O)n1c2c(c3cc(F)ccc31)C[C@@H](N(CCCc1ccccc1)S(=O)(=O)c1ccc([N+](=O)[O-])cc1)CC2. The van der Waals surface area contributed by atoms with Crippen LogP contribution in [0.4, 0.5) is 10.1 Å². The quantitative estimate of drug-likeness (QED) is 0.171. The Hall–Kier alpha value is -4.09. The molecule has 1 aromatic heterocycles. The smallest absolute Gasteiger partial charge is 0.326 e. The molecule has 0 saturated carbocycles. The van der Waals surface area contributed by atoms with E-state index in [9.17, 15) is 32.8 Å². The molecule has 0 saturated heterocycles. The number of carbonyl (C=O) groups is 1. The minimum atomic E-state index is -4.05. The predicted molar refractivity (Wildman–Crippen MR) is 156 cm³/mol. The Labute approximate surface area is 243 Å². The number of hydrogen-bond acceptors (Lipinski definition) is 5. The molecule has 220 valence electrons. The van der Waals surface area contributed by atoms with Crippen LogP contribution in [-0.4, -0.2) is 45.9 Å². The second kappa shape index (κ2) is 12.0. The molecule has 0 radical (unpaired) electrons. The number of aliphatic carboxylic acids is 1. The van der Waals surface area contributed by atoms with E-state index in [1.165, 1.54) is 40.7 Å². The fourth-order valence-corrected chi connectivity index (χ4v) is 7.77. The van der Waals surface area contributed by atoms with Gasteiger partial charge in [0.05, 0.1) is 9.82 Å². The fourth-order valence-electron chi connectivity index (χ4n) is 6.07. The lowest BCUT2D eigenvalue weighted by atomic mass is 9.91. The molecule has 1 aliphatic carbocycles. The maximum atomic E-state index is 14.5. The van der Waals surface area contributed by atoms with Crippen LogP contribution in [0, 0.1) is 15.9 Å². The molecule has 2 atom stereocenters. The summed E-state index contributed by atoms with van der Waals surface area (Å²) in [7, 11) is -4.05. The van der Waals surface area contributed by atoms with Crippen molar-refractivity contribution in [2.45, 2.75) is 62.4 Å². The average Bonchev–Trinajstić information content (AvgIpc) is 3.28. The summed E-state index contributed by atoms with van der Waals surface area (Å²) in [6, 6.07) is 17.6. The van der Waals surface area contributed by atoms with Crippen molar-refractivity contribution in [3.05, 3.63) is 106 Å². The summed E-state index contributed by atoms with van der Waals surface area (Å²) >= 11 is 0. The summed E-state index contributed by atoms with van der Waals surface area (Å²) in [4.78, 5) is 22.7. The van der Waals surface area contributed by atoms with Crippen LogP contribution in [-0.2, 0) is 34.1 Å². The number of nitro groups is 1. The van der Waals surface area contributed by atoms with Crippen LogP contribution in [0.5, 0.6) is 0 Å². The van der Waals surface area contributed by atoms with Gasteiger partial charge in [-0.25, -0.2) is 17.6 Å². The highest BCUT2D eigenvalue weighted by molar-refractivity contribution is 7.89. The molecule has 1 N–H and O–H groups in total. The highest BCUT2D eigenvalue weighted by Gasteiger charge is 2.37. The normalized spacial score (nSPS) is 15.9. The summed E-state index contributed by atoms with van der Waals surface area (Å²) in [6.45, 7) is 2.01. The van der Waals surface area contributed by atoms with Crippen molar-refractivity contribution in [2.24, 2.45) is 0 Å². The van der Waals surface area contributed by atoms with E-state index in [1.54, 1.807) is 17.6 Å². The maximum Gasteiger partial charge on any atom is 0.326 e. The second-order valence-electron chi connectivity index (χ2n) is 10.6. The zero-order valence-corrected chi connectivity index (χ0v) is 24.0. The summed E-state index contributed by atoms with van der Waals surface area (Å²) in [6.07, 6.45) is 2.70. The Bertz CT molecular complexity index is 1720. The molecule has 1 aliphatic rings. The van der Waals surface area contributed by atoms with Gasteiger partial charge in [0.25, 0.3) is 5.69 Å². The molecule has 0 bridgehead atoms. The number of non-ortho nitro benzene ring substituents is 1. The van der Waals surface area contributed by atoms with Crippen molar-refractivity contribution < 1.29 is 27.6 Å². The van der Waals surface area contributed by atoms with Crippen molar-refractivity contribution in [1.82, 2.24) is 8.87 Å². The van der Waals surface area contributed by atoms with Gasteiger partial charge in [-0.15, -0.1) is 0 Å². The monoisotopic (exact) mass is 593 g/mol. The molecule has 0 amide bonds. The molecular weight excluding hydrogens is 561 g/mol. The standard InChI is InChI=1S/C31H32FN3O6S/c1-2-28(31(36)37)34-29-16-10-22(32)19-26(29)27-20-24(13-17-30(27)34)33(18-6-9-21-7-4-3-5-8-21)42(40,41)25-14-11-23(12-15-25)35(38)39/h3-5,7-8,10-12,14-16,19,24,28H,2,6,9,13,17-18,20H2,1H3,(H,36,37)/t24-,28?/m0/s1. The van der Waals surface area contributed by atoms with Gasteiger partial charge in [0.1, 0.15) is 11.9 Å². The summed E-state index contributed by atoms with van der Waals surface area (Å²) in [5.74, 6) is -1.43. The Morgan fingerprint density at radius 3 is 2.50 bits per heavy atom. The number of rotatable bonds is 11. The van der Waals surface area contributed by atoms with Crippen molar-refractivity contribution in [1.29, 1.82) is 0 Å². The van der Waals surface area contributed by atoms with E-state index in [0.717, 1.165) is 16.8 Å². The number of carboxylic acid groups (broad SMARTS) is 1. The van der Waals surface area contributed by atoms with E-state index in [1.807, 2.05) is 30.3 Å². The topological polar surface area (TPSA) is 123 Å². The third-order valence-electron chi connectivity index (χ3n) is 8.07. The van der Waals surface area contributed by atoms with Crippen molar-refractivity contribution in [3.8, 4) is 0 Å². The summed E-state index contributed by atoms with van der Waals surface area (Å²) < 4.78 is 45.8. The first-order chi connectivity index (χ1) is 20.1. The first kappa shape index (κ1) is 29.4. The number of benzene rings is 3. The lowest BCUT2D eigenvalue weighted by Gasteiger charge is -2.34. The number of fused-ring (bicyclic) bond motifs is 3. The number of sulfonamides is 1. The molecule has 1 unspecified atom stereocenters. The van der Waals surface area contributed by atoms with Crippen LogP contribution in [0.15, 0.2) is 77.7 Å². The Morgan fingerprint density at radius 1 is 1.14 bits per heavy atom. The van der Waals surface area contributed by atoms with E-state index in [0.29, 0.717) is 43.0 Å². The average molecular weight is 594 g/mol. The third kappa shape index (κ3) is 5.66. The lowest BCUT2D eigenvalue weighted by molar-refractivity contribution is -0.384. The minimum Gasteiger partial charge on any atom is -0.480 e. The number of aryl methyl sites for hydroxylation is 1. The molecule has 0 spiro atoms. The molecule has 42 heavy (non-hydrogen) atoms. The molecule has 3 aromatic carbocycles. The highest BCUT2D eigenvalue weighted by Crippen LogP contribution is 2.38. The third-order valence-corrected chi connectivity index (χ3v) is 10.0. The molecule has 4 aromatic rings. The van der Waals surface area contributed by atoms with Crippen molar-refractivity contribution in [2.75, 3.05) is 6.54 Å². The summed E-state index contributed by atoms with van der Waals surface area (Å²) in [5, 5.41) is 21.7. The van der Waals surface area contributed by atoms with Gasteiger partial charge in [-0.05, 0) is 80.0 Å². The van der Waals surface area contributed by atoms with Crippen LogP contribution in [0.25, 0.3) is 10.9 Å². The number of carboxylic acids is 1. The minimum absolute atomic E-state index is 0.0380. The molecule has 1 heterocycles. The summed E-state index contributed by atoms with van der Waals surface area (Å²) in [5.41, 5.74) is 3.04. The number of halogens is 1. The second-order valence-corrected chi connectivity index (χ2v) is 12.5. The fraction of sp³-hybridized carbons (Fsp3) is 0.323. The highest BCUT2D eigenvalue weighted by atomic mass is 32.2. The maximum absolute atomic E-state index is 14.5. The Kier molecular flexibility index (Phi) is 8.42. The van der Waals surface area contributed by atoms with Gasteiger partial charge in [-0.2, -0.15) is 4.31 Å². The van der Waals surface area contributed by atoms with Gasteiger partial charge in [-0.1, -0.05) is 37.3 Å². The zero-order valence-electron chi connectivity index (χ0n) is 23.1. The van der Waals surface area contributed by atoms with E-state index in [-0.39, 0.29) is 23.5 Å². The Balaban J connectivity index is 1.54. The van der Waals surface area contributed by atoms with Crippen LogP contribution >= 0.6 is 0 Å². The number of hydrogen-bond donors (Lipinski definition) is 1. The molecule has 9 nitrogen and oxygen atoms in total. The van der Waals surface area contributed by atoms with E-state index in [4.69, 9.17) is 0 Å². The Morgan fingerprint density at radius 2 is 1.86 bits per heavy atom. The van der Waals surface area contributed by atoms with Gasteiger partial charge in [0.2, 0.25) is 10.0 Å². The van der Waals surface area contributed by atoms with Gasteiger partial charge in [0.15, 0.2) is 0 Å². The van der Waals surface area contributed by atoms with Crippen LogP contribution < -0.4 is 0 Å². The molecule has 5 rings (SSSR count). The zero-order chi connectivity index (χ0) is 30.0. The molecule has 0 fully saturated rings. The number of nitrogens with zero attached hydrogens (tertiary/aromatic N) is 3. The van der Waals surface area contributed by atoms with Gasteiger partial charge in [0, 0.05) is 41.3 Å². The van der Waals surface area contributed by atoms with E-state index >= 15 is 0 Å². The molecule has 0 aliphatic heterocycles. The number of aromatic nitrogens is 1. The molecule has 11 heteroatoms. The van der Waals surface area contributed by atoms with Crippen LogP contribution in [0.3, 0.4) is 0 Å². The largest absolute Gasteiger partial charge is 0.480 e. The number of nitro benzene ring substituents is 1. The molecular formula is C31H32FN3O6S.